The Kier molecular flexibility index (Phi) is 8.38. The molecule has 2 rings (SSSR count). The van der Waals surface area contributed by atoms with E-state index in [0.717, 1.165) is 32.1 Å². The number of guanidine groups is 1. The van der Waals surface area contributed by atoms with Gasteiger partial charge in [0.05, 0.1) is 6.10 Å². The van der Waals surface area contributed by atoms with Gasteiger partial charge < -0.3 is 15.4 Å². The lowest BCUT2D eigenvalue weighted by Gasteiger charge is -2.33. The Bertz CT molecular complexity index is 539. The molecule has 26 heavy (non-hydrogen) atoms. The zero-order chi connectivity index (χ0) is 19.0. The van der Waals surface area contributed by atoms with E-state index in [2.05, 4.69) is 58.8 Å². The predicted molar refractivity (Wildman–Crippen MR) is 112 cm³/mol. The van der Waals surface area contributed by atoms with Crippen molar-refractivity contribution in [2.24, 2.45) is 16.3 Å². The minimum absolute atomic E-state index is 0.103. The Hall–Kier alpha value is -1.11. The number of likely N-dealkylation sites (tertiary alicyclic amines) is 1. The van der Waals surface area contributed by atoms with Crippen LogP contribution in [0.3, 0.4) is 0 Å². The molecule has 2 unspecified atom stereocenters. The summed E-state index contributed by atoms with van der Waals surface area (Å²) in [6.07, 6.45) is 2.71. The summed E-state index contributed by atoms with van der Waals surface area (Å²) >= 11 is 1.85. The molecule has 148 valence electrons. The first-order valence-corrected chi connectivity index (χ1v) is 10.5. The summed E-state index contributed by atoms with van der Waals surface area (Å²) in [4.78, 5) is 8.41. The standard InChI is InChI=1S/C20H36N4OS/c1-20(2,3)18(25-5)13-23-19(21-4)22-12-16-8-6-10-24(14-16)15-17-9-7-11-26-17/h7,9,11,16,18H,6,8,10,12-15H2,1-5H3,(H2,21,22,23). The van der Waals surface area contributed by atoms with E-state index in [4.69, 9.17) is 4.74 Å². The van der Waals surface area contributed by atoms with Crippen LogP contribution in [0, 0.1) is 11.3 Å². The lowest BCUT2D eigenvalue weighted by molar-refractivity contribution is 0.0205. The van der Waals surface area contributed by atoms with Crippen molar-refractivity contribution in [2.75, 3.05) is 40.3 Å². The van der Waals surface area contributed by atoms with Crippen LogP contribution >= 0.6 is 11.3 Å². The van der Waals surface area contributed by atoms with Gasteiger partial charge in [0.25, 0.3) is 0 Å². The summed E-state index contributed by atoms with van der Waals surface area (Å²) in [7, 11) is 3.61. The fourth-order valence-electron chi connectivity index (χ4n) is 3.48. The maximum atomic E-state index is 5.62. The maximum Gasteiger partial charge on any atom is 0.191 e. The molecule has 1 fully saturated rings. The van der Waals surface area contributed by atoms with Crippen molar-refractivity contribution in [1.82, 2.24) is 15.5 Å². The van der Waals surface area contributed by atoms with Gasteiger partial charge in [-0.3, -0.25) is 9.89 Å². The van der Waals surface area contributed by atoms with E-state index in [1.165, 1.54) is 24.3 Å². The van der Waals surface area contributed by atoms with Gasteiger partial charge in [0, 0.05) is 45.2 Å². The van der Waals surface area contributed by atoms with E-state index in [0.29, 0.717) is 5.92 Å². The van der Waals surface area contributed by atoms with Crippen LogP contribution in [0.15, 0.2) is 22.5 Å². The van der Waals surface area contributed by atoms with Gasteiger partial charge in [-0.05, 0) is 42.2 Å². The number of thiophene rings is 1. The summed E-state index contributed by atoms with van der Waals surface area (Å²) in [6, 6.07) is 4.38. The van der Waals surface area contributed by atoms with Crippen LogP contribution in [0.1, 0.15) is 38.5 Å². The van der Waals surface area contributed by atoms with Crippen LogP contribution in [-0.2, 0) is 11.3 Å². The Morgan fingerprint density at radius 3 is 2.85 bits per heavy atom. The van der Waals surface area contributed by atoms with Crippen molar-refractivity contribution in [1.29, 1.82) is 0 Å². The third-order valence-corrected chi connectivity index (χ3v) is 5.91. The second-order valence-electron chi connectivity index (χ2n) is 8.25. The number of ether oxygens (including phenoxy) is 1. The average Bonchev–Trinajstić information content (AvgIpc) is 3.10. The minimum atomic E-state index is 0.103. The number of aliphatic imine (C=N–C) groups is 1. The third kappa shape index (κ3) is 6.89. The molecule has 0 bridgehead atoms. The highest BCUT2D eigenvalue weighted by atomic mass is 32.1. The SMILES string of the molecule is CN=C(NCC1CCCN(Cc2cccs2)C1)NCC(OC)C(C)(C)C. The molecular formula is C20H36N4OS. The van der Waals surface area contributed by atoms with Crippen LogP contribution in [0.4, 0.5) is 0 Å². The van der Waals surface area contributed by atoms with E-state index in [-0.39, 0.29) is 11.5 Å². The number of hydrogen-bond acceptors (Lipinski definition) is 4. The third-order valence-electron chi connectivity index (χ3n) is 5.05. The second-order valence-corrected chi connectivity index (χ2v) is 9.28. The van der Waals surface area contributed by atoms with E-state index in [1.807, 2.05) is 18.4 Å². The molecule has 1 saturated heterocycles. The fourth-order valence-corrected chi connectivity index (χ4v) is 4.22. The Morgan fingerprint density at radius 1 is 1.42 bits per heavy atom. The largest absolute Gasteiger partial charge is 0.379 e. The fraction of sp³-hybridized carbons (Fsp3) is 0.750. The normalized spacial score (nSPS) is 20.8. The molecule has 0 amide bonds. The first kappa shape index (κ1) is 21.2. The lowest BCUT2D eigenvalue weighted by Crippen LogP contribution is -2.47. The molecule has 0 aromatic carbocycles. The highest BCUT2D eigenvalue weighted by Gasteiger charge is 2.25. The number of nitrogens with zero attached hydrogens (tertiary/aromatic N) is 2. The van der Waals surface area contributed by atoms with Crippen LogP contribution in [-0.4, -0.2) is 57.3 Å². The molecule has 2 atom stereocenters. The zero-order valence-electron chi connectivity index (χ0n) is 17.0. The summed E-state index contributed by atoms with van der Waals surface area (Å²) in [5, 5.41) is 9.09. The summed E-state index contributed by atoms with van der Waals surface area (Å²) in [5.74, 6) is 1.54. The monoisotopic (exact) mass is 380 g/mol. The van der Waals surface area contributed by atoms with Crippen molar-refractivity contribution in [3.8, 4) is 0 Å². The van der Waals surface area contributed by atoms with Crippen LogP contribution in [0.25, 0.3) is 0 Å². The van der Waals surface area contributed by atoms with Gasteiger partial charge in [-0.2, -0.15) is 0 Å². The molecule has 2 heterocycles. The Labute approximate surface area is 163 Å². The Morgan fingerprint density at radius 2 is 2.23 bits per heavy atom. The quantitative estimate of drug-likeness (QED) is 0.563. The number of piperidine rings is 1. The summed E-state index contributed by atoms with van der Waals surface area (Å²) in [6.45, 7) is 11.8. The molecule has 1 aromatic heterocycles. The van der Waals surface area contributed by atoms with Gasteiger partial charge >= 0.3 is 0 Å². The van der Waals surface area contributed by atoms with Crippen molar-refractivity contribution in [3.63, 3.8) is 0 Å². The van der Waals surface area contributed by atoms with Gasteiger partial charge in [0.15, 0.2) is 5.96 Å². The highest BCUT2D eigenvalue weighted by molar-refractivity contribution is 7.09. The number of rotatable bonds is 7. The van der Waals surface area contributed by atoms with Gasteiger partial charge in [-0.1, -0.05) is 26.8 Å². The molecular weight excluding hydrogens is 344 g/mol. The van der Waals surface area contributed by atoms with Gasteiger partial charge in [0.2, 0.25) is 0 Å². The highest BCUT2D eigenvalue weighted by Crippen LogP contribution is 2.21. The molecule has 1 aromatic rings. The smallest absolute Gasteiger partial charge is 0.191 e. The number of methoxy groups -OCH3 is 1. The number of hydrogen-bond donors (Lipinski definition) is 2. The van der Waals surface area contributed by atoms with Crippen molar-refractivity contribution < 1.29 is 4.74 Å². The predicted octanol–water partition coefficient (Wildman–Crippen LogP) is 3.19. The van der Waals surface area contributed by atoms with Crippen LogP contribution < -0.4 is 10.6 Å². The topological polar surface area (TPSA) is 48.9 Å². The average molecular weight is 381 g/mol. The molecule has 0 aliphatic carbocycles. The van der Waals surface area contributed by atoms with E-state index < -0.39 is 0 Å². The first-order valence-electron chi connectivity index (χ1n) is 9.64. The van der Waals surface area contributed by atoms with Crippen molar-refractivity contribution >= 4 is 17.3 Å². The Balaban J connectivity index is 1.75. The van der Waals surface area contributed by atoms with Crippen LogP contribution in [0.5, 0.6) is 0 Å². The summed E-state index contributed by atoms with van der Waals surface area (Å²) < 4.78 is 5.62. The lowest BCUT2D eigenvalue weighted by atomic mass is 9.89. The molecule has 0 spiro atoms. The molecule has 0 radical (unpaired) electrons. The van der Waals surface area contributed by atoms with Gasteiger partial charge in [-0.15, -0.1) is 11.3 Å². The molecule has 2 N–H and O–H groups in total. The van der Waals surface area contributed by atoms with Crippen molar-refractivity contribution in [3.05, 3.63) is 22.4 Å². The zero-order valence-corrected chi connectivity index (χ0v) is 17.9. The van der Waals surface area contributed by atoms with Crippen LogP contribution in [0.2, 0.25) is 0 Å². The molecule has 6 heteroatoms. The number of nitrogens with one attached hydrogen (secondary N) is 2. The molecule has 1 aliphatic rings. The minimum Gasteiger partial charge on any atom is -0.379 e. The van der Waals surface area contributed by atoms with Crippen molar-refractivity contribution in [2.45, 2.75) is 46.3 Å². The second kappa shape index (κ2) is 10.3. The molecule has 0 saturated carbocycles. The first-order chi connectivity index (χ1) is 12.4. The van der Waals surface area contributed by atoms with E-state index in [1.54, 1.807) is 7.11 Å². The van der Waals surface area contributed by atoms with E-state index in [9.17, 15) is 0 Å². The van der Waals surface area contributed by atoms with E-state index >= 15 is 0 Å². The molecule has 5 nitrogen and oxygen atoms in total. The van der Waals surface area contributed by atoms with Gasteiger partial charge in [0.1, 0.15) is 0 Å². The van der Waals surface area contributed by atoms with Gasteiger partial charge in [-0.25, -0.2) is 0 Å². The maximum absolute atomic E-state index is 5.62. The summed E-state index contributed by atoms with van der Waals surface area (Å²) in [5.41, 5.74) is 0.103. The molecule has 1 aliphatic heterocycles.